The van der Waals surface area contributed by atoms with Crippen molar-refractivity contribution in [1.82, 2.24) is 14.8 Å². The van der Waals surface area contributed by atoms with Crippen LogP contribution in [-0.4, -0.2) is 35.6 Å². The number of aromatic nitrogens is 1. The van der Waals surface area contributed by atoms with Crippen LogP contribution in [0.4, 0.5) is 0 Å². The van der Waals surface area contributed by atoms with Gasteiger partial charge in [0, 0.05) is 26.0 Å². The number of likely N-dealkylation sites (tertiary alicyclic amines) is 1. The Bertz CT molecular complexity index is 324. The van der Waals surface area contributed by atoms with Gasteiger partial charge >= 0.3 is 0 Å². The van der Waals surface area contributed by atoms with Crippen molar-refractivity contribution >= 4 is 0 Å². The van der Waals surface area contributed by atoms with E-state index in [1.54, 1.807) is 0 Å². The first-order valence-electron chi connectivity index (χ1n) is 6.82. The molecule has 1 aromatic rings. The zero-order valence-corrected chi connectivity index (χ0v) is 11.2. The summed E-state index contributed by atoms with van der Waals surface area (Å²) in [7, 11) is 2.07. The lowest BCUT2D eigenvalue weighted by Gasteiger charge is -2.31. The lowest BCUT2D eigenvalue weighted by molar-refractivity contribution is 0.190. The highest BCUT2D eigenvalue weighted by Gasteiger charge is 2.17. The number of piperidine rings is 1. The maximum absolute atomic E-state index is 3.59. The summed E-state index contributed by atoms with van der Waals surface area (Å²) in [5, 5.41) is 3.59. The van der Waals surface area contributed by atoms with Gasteiger partial charge < -0.3 is 14.8 Å². The van der Waals surface area contributed by atoms with Crippen LogP contribution in [0.25, 0.3) is 0 Å². The van der Waals surface area contributed by atoms with Gasteiger partial charge in [0.25, 0.3) is 0 Å². The minimum atomic E-state index is 0.876. The second kappa shape index (κ2) is 6.22. The minimum Gasteiger partial charge on any atom is -0.357 e. The average molecular weight is 235 g/mol. The van der Waals surface area contributed by atoms with Gasteiger partial charge in [-0.1, -0.05) is 6.92 Å². The van der Waals surface area contributed by atoms with Gasteiger partial charge in [0.1, 0.15) is 0 Å². The standard InChI is InChI=1S/C14H25N3/c1-3-17-8-5-13(6-9-17)10-15-11-14-4-7-16(2)12-14/h4,7,12-13,15H,3,5-6,8-11H2,1-2H3. The van der Waals surface area contributed by atoms with Crippen LogP contribution in [0.3, 0.4) is 0 Å². The van der Waals surface area contributed by atoms with Gasteiger partial charge in [0.2, 0.25) is 0 Å². The van der Waals surface area contributed by atoms with Gasteiger partial charge in [-0.25, -0.2) is 0 Å². The molecule has 17 heavy (non-hydrogen) atoms. The normalized spacial score (nSPS) is 18.7. The molecule has 0 unspecified atom stereocenters. The maximum Gasteiger partial charge on any atom is 0.0220 e. The molecule has 0 aromatic carbocycles. The third-order valence-corrected chi connectivity index (χ3v) is 3.81. The number of rotatable bonds is 5. The van der Waals surface area contributed by atoms with Crippen LogP contribution in [0.1, 0.15) is 25.3 Å². The van der Waals surface area contributed by atoms with E-state index in [2.05, 4.69) is 47.2 Å². The van der Waals surface area contributed by atoms with E-state index in [0.717, 1.165) is 12.5 Å². The lowest BCUT2D eigenvalue weighted by Crippen LogP contribution is -2.36. The van der Waals surface area contributed by atoms with Crippen LogP contribution < -0.4 is 5.32 Å². The van der Waals surface area contributed by atoms with Crippen molar-refractivity contribution in [2.75, 3.05) is 26.2 Å². The lowest BCUT2D eigenvalue weighted by atomic mass is 9.97. The summed E-state index contributed by atoms with van der Waals surface area (Å²) in [6, 6.07) is 2.19. The van der Waals surface area contributed by atoms with E-state index in [1.165, 1.54) is 44.6 Å². The van der Waals surface area contributed by atoms with Crippen LogP contribution in [0.15, 0.2) is 18.5 Å². The Morgan fingerprint density at radius 1 is 1.35 bits per heavy atom. The monoisotopic (exact) mass is 235 g/mol. The zero-order valence-electron chi connectivity index (χ0n) is 11.2. The molecule has 0 amide bonds. The molecule has 0 radical (unpaired) electrons. The topological polar surface area (TPSA) is 20.2 Å². The predicted molar refractivity (Wildman–Crippen MR) is 72.0 cm³/mol. The third kappa shape index (κ3) is 3.86. The molecule has 2 heterocycles. The second-order valence-corrected chi connectivity index (χ2v) is 5.19. The van der Waals surface area contributed by atoms with Gasteiger partial charge in [0.05, 0.1) is 0 Å². The fourth-order valence-corrected chi connectivity index (χ4v) is 2.59. The molecule has 1 fully saturated rings. The summed E-state index contributed by atoms with van der Waals surface area (Å²) in [6.45, 7) is 8.22. The van der Waals surface area contributed by atoms with E-state index in [9.17, 15) is 0 Å². The molecule has 1 aliphatic rings. The first-order chi connectivity index (χ1) is 8.28. The van der Waals surface area contributed by atoms with E-state index in [1.807, 2.05) is 0 Å². The Balaban J connectivity index is 1.63. The van der Waals surface area contributed by atoms with Crippen molar-refractivity contribution in [3.05, 3.63) is 24.0 Å². The highest BCUT2D eigenvalue weighted by molar-refractivity contribution is 5.09. The van der Waals surface area contributed by atoms with Gasteiger partial charge in [-0.3, -0.25) is 0 Å². The largest absolute Gasteiger partial charge is 0.357 e. The van der Waals surface area contributed by atoms with E-state index in [0.29, 0.717) is 0 Å². The Kier molecular flexibility index (Phi) is 4.63. The molecule has 0 aliphatic carbocycles. The van der Waals surface area contributed by atoms with E-state index >= 15 is 0 Å². The molecule has 1 N–H and O–H groups in total. The maximum atomic E-state index is 3.59. The van der Waals surface area contributed by atoms with Gasteiger partial charge in [0.15, 0.2) is 0 Å². The second-order valence-electron chi connectivity index (χ2n) is 5.19. The Labute approximate surface area is 105 Å². The zero-order chi connectivity index (χ0) is 12.1. The summed E-state index contributed by atoms with van der Waals surface area (Å²) in [5.74, 6) is 0.876. The molecule has 96 valence electrons. The Morgan fingerprint density at radius 2 is 2.12 bits per heavy atom. The SMILES string of the molecule is CCN1CCC(CNCc2ccn(C)c2)CC1. The fraction of sp³-hybridized carbons (Fsp3) is 0.714. The van der Waals surface area contributed by atoms with Crippen molar-refractivity contribution in [3.63, 3.8) is 0 Å². The average Bonchev–Trinajstić information content (AvgIpc) is 2.76. The van der Waals surface area contributed by atoms with Crippen molar-refractivity contribution in [1.29, 1.82) is 0 Å². The predicted octanol–water partition coefficient (Wildman–Crippen LogP) is 1.85. The van der Waals surface area contributed by atoms with Crippen LogP contribution in [0, 0.1) is 5.92 Å². The van der Waals surface area contributed by atoms with Crippen molar-refractivity contribution in [3.8, 4) is 0 Å². The highest BCUT2D eigenvalue weighted by Crippen LogP contribution is 2.15. The van der Waals surface area contributed by atoms with Crippen molar-refractivity contribution in [2.24, 2.45) is 13.0 Å². The first-order valence-corrected chi connectivity index (χ1v) is 6.82. The molecule has 2 rings (SSSR count). The van der Waals surface area contributed by atoms with E-state index < -0.39 is 0 Å². The molecule has 1 aliphatic heterocycles. The van der Waals surface area contributed by atoms with Crippen LogP contribution >= 0.6 is 0 Å². The van der Waals surface area contributed by atoms with Gasteiger partial charge in [-0.05, 0) is 56.6 Å². The van der Waals surface area contributed by atoms with Crippen LogP contribution in [-0.2, 0) is 13.6 Å². The molecule has 3 heteroatoms. The molecule has 0 atom stereocenters. The number of nitrogens with zero attached hydrogens (tertiary/aromatic N) is 2. The minimum absolute atomic E-state index is 0.876. The van der Waals surface area contributed by atoms with Crippen molar-refractivity contribution < 1.29 is 0 Å². The summed E-state index contributed by atoms with van der Waals surface area (Å²) in [4.78, 5) is 2.55. The number of nitrogens with one attached hydrogen (secondary N) is 1. The van der Waals surface area contributed by atoms with Crippen LogP contribution in [0.2, 0.25) is 0 Å². The fourth-order valence-electron chi connectivity index (χ4n) is 2.59. The van der Waals surface area contributed by atoms with Gasteiger partial charge in [-0.2, -0.15) is 0 Å². The molecule has 1 saturated heterocycles. The Morgan fingerprint density at radius 3 is 2.71 bits per heavy atom. The molecule has 0 spiro atoms. The molecule has 0 saturated carbocycles. The smallest absolute Gasteiger partial charge is 0.0220 e. The summed E-state index contributed by atoms with van der Waals surface area (Å²) >= 11 is 0. The van der Waals surface area contributed by atoms with E-state index in [-0.39, 0.29) is 0 Å². The number of aryl methyl sites for hydroxylation is 1. The quantitative estimate of drug-likeness (QED) is 0.840. The summed E-state index contributed by atoms with van der Waals surface area (Å²) < 4.78 is 2.11. The van der Waals surface area contributed by atoms with Crippen molar-refractivity contribution in [2.45, 2.75) is 26.3 Å². The molecular formula is C14H25N3. The van der Waals surface area contributed by atoms with Crippen LogP contribution in [0.5, 0.6) is 0 Å². The summed E-state index contributed by atoms with van der Waals surface area (Å²) in [5.41, 5.74) is 1.39. The number of hydrogen-bond acceptors (Lipinski definition) is 2. The summed E-state index contributed by atoms with van der Waals surface area (Å²) in [6.07, 6.45) is 7.01. The third-order valence-electron chi connectivity index (χ3n) is 3.81. The molecule has 1 aromatic heterocycles. The molecule has 3 nitrogen and oxygen atoms in total. The number of hydrogen-bond donors (Lipinski definition) is 1. The highest BCUT2D eigenvalue weighted by atomic mass is 15.1. The Hall–Kier alpha value is -0.800. The molecular weight excluding hydrogens is 210 g/mol. The first kappa shape index (κ1) is 12.7. The van der Waals surface area contributed by atoms with E-state index in [4.69, 9.17) is 0 Å². The molecule has 0 bridgehead atoms. The van der Waals surface area contributed by atoms with Gasteiger partial charge in [-0.15, -0.1) is 0 Å².